The van der Waals surface area contributed by atoms with Crippen molar-refractivity contribution in [1.29, 1.82) is 0 Å². The average molecular weight is 366 g/mol. The molecule has 134 valence electrons. The Bertz CT molecular complexity index is 873. The van der Waals surface area contributed by atoms with E-state index < -0.39 is 18.0 Å². The van der Waals surface area contributed by atoms with Crippen molar-refractivity contribution in [3.63, 3.8) is 0 Å². The van der Waals surface area contributed by atoms with Gasteiger partial charge < -0.3 is 10.1 Å². The maximum atomic E-state index is 13.6. The zero-order valence-electron chi connectivity index (χ0n) is 13.0. The Balaban J connectivity index is 1.75. The third-order valence-corrected chi connectivity index (χ3v) is 3.40. The summed E-state index contributed by atoms with van der Waals surface area (Å²) in [6, 6.07) is 11.9. The van der Waals surface area contributed by atoms with Gasteiger partial charge in [-0.1, -0.05) is 18.2 Å². The van der Waals surface area contributed by atoms with Crippen LogP contribution in [0.5, 0.6) is 5.75 Å². The molecule has 3 rings (SSSR count). The molecular weight excluding hydrogens is 355 g/mol. The van der Waals surface area contributed by atoms with E-state index in [0.717, 1.165) is 12.1 Å². The highest BCUT2D eigenvalue weighted by Gasteiger charge is 2.30. The van der Waals surface area contributed by atoms with Gasteiger partial charge in [-0.25, -0.2) is 13.8 Å². The highest BCUT2D eigenvalue weighted by atomic mass is 19.4. The van der Waals surface area contributed by atoms with Crippen molar-refractivity contribution in [2.24, 2.45) is 0 Å². The highest BCUT2D eigenvalue weighted by Crippen LogP contribution is 2.27. The zero-order chi connectivity index (χ0) is 18.7. The van der Waals surface area contributed by atoms with Crippen molar-refractivity contribution < 1.29 is 26.7 Å². The summed E-state index contributed by atoms with van der Waals surface area (Å²) in [5.74, 6) is -1.62. The van der Waals surface area contributed by atoms with Crippen molar-refractivity contribution in [3.8, 4) is 16.9 Å². The minimum atomic E-state index is -4.75. The molecule has 0 aliphatic carbocycles. The molecule has 0 spiro atoms. The number of alkyl halides is 3. The Hall–Kier alpha value is -3.16. The van der Waals surface area contributed by atoms with E-state index in [2.05, 4.69) is 15.0 Å². The molecule has 1 N–H and O–H groups in total. The van der Waals surface area contributed by atoms with Gasteiger partial charge in [0.15, 0.2) is 0 Å². The minimum absolute atomic E-state index is 0.217. The lowest BCUT2D eigenvalue weighted by Crippen LogP contribution is -2.16. The number of nitrogens with zero attached hydrogens (tertiary/aromatic N) is 1. The minimum Gasteiger partial charge on any atom is -0.406 e. The van der Waals surface area contributed by atoms with E-state index in [1.807, 2.05) is 0 Å². The summed E-state index contributed by atoms with van der Waals surface area (Å²) in [6.45, 7) is 0. The number of nitrogens with one attached hydrogen (secondary N) is 1. The van der Waals surface area contributed by atoms with Crippen molar-refractivity contribution in [3.05, 3.63) is 72.4 Å². The first-order valence-electron chi connectivity index (χ1n) is 7.35. The molecule has 2 aromatic carbocycles. The number of anilines is 2. The summed E-state index contributed by atoms with van der Waals surface area (Å²) in [6.07, 6.45) is -3.32. The predicted octanol–water partition coefficient (Wildman–Crippen LogP) is 5.67. The molecule has 0 bridgehead atoms. The Morgan fingerprint density at radius 2 is 1.42 bits per heavy atom. The monoisotopic (exact) mass is 366 g/mol. The normalized spacial score (nSPS) is 11.3. The van der Waals surface area contributed by atoms with E-state index in [-0.39, 0.29) is 17.3 Å². The Morgan fingerprint density at radius 3 is 1.96 bits per heavy atom. The molecule has 0 radical (unpaired) electrons. The lowest BCUT2D eigenvalue weighted by atomic mass is 10.1. The van der Waals surface area contributed by atoms with Gasteiger partial charge in [0.25, 0.3) is 0 Å². The molecule has 3 nitrogen and oxygen atoms in total. The van der Waals surface area contributed by atoms with Crippen LogP contribution in [0.15, 0.2) is 60.8 Å². The van der Waals surface area contributed by atoms with Gasteiger partial charge in [0.05, 0.1) is 0 Å². The number of halogens is 5. The topological polar surface area (TPSA) is 34.1 Å². The number of benzene rings is 2. The van der Waals surface area contributed by atoms with Crippen LogP contribution in [0, 0.1) is 11.6 Å². The predicted molar refractivity (Wildman–Crippen MR) is 86.0 cm³/mol. The van der Waals surface area contributed by atoms with Gasteiger partial charge in [0.2, 0.25) is 0 Å². The number of rotatable bonds is 4. The van der Waals surface area contributed by atoms with Gasteiger partial charge in [-0.05, 0) is 42.0 Å². The maximum absolute atomic E-state index is 13.6. The molecule has 0 unspecified atom stereocenters. The second-order valence-corrected chi connectivity index (χ2v) is 5.23. The molecule has 8 heteroatoms. The molecule has 0 saturated heterocycles. The van der Waals surface area contributed by atoms with Crippen LogP contribution in [0.3, 0.4) is 0 Å². The fraction of sp³-hybridized carbons (Fsp3) is 0.0556. The molecule has 0 aliphatic heterocycles. The number of ether oxygens (including phenoxy) is 1. The summed E-state index contributed by atoms with van der Waals surface area (Å²) < 4.78 is 67.5. The van der Waals surface area contributed by atoms with E-state index in [9.17, 15) is 22.0 Å². The van der Waals surface area contributed by atoms with Gasteiger partial charge >= 0.3 is 6.36 Å². The molecular formula is C18H11F5N2O. The van der Waals surface area contributed by atoms with E-state index in [1.54, 1.807) is 6.07 Å². The number of aromatic nitrogens is 1. The van der Waals surface area contributed by atoms with Crippen molar-refractivity contribution in [2.45, 2.75) is 6.36 Å². The van der Waals surface area contributed by atoms with Crippen LogP contribution in [0.1, 0.15) is 0 Å². The molecule has 3 aromatic rings. The van der Waals surface area contributed by atoms with Crippen molar-refractivity contribution in [2.75, 3.05) is 5.32 Å². The second-order valence-electron chi connectivity index (χ2n) is 5.23. The van der Waals surface area contributed by atoms with Crippen molar-refractivity contribution in [1.82, 2.24) is 4.98 Å². The summed E-state index contributed by atoms with van der Waals surface area (Å²) >= 11 is 0. The van der Waals surface area contributed by atoms with Crippen LogP contribution in [0.25, 0.3) is 11.1 Å². The summed E-state index contributed by atoms with van der Waals surface area (Å²) in [7, 11) is 0. The molecule has 26 heavy (non-hydrogen) atoms. The molecule has 0 atom stereocenters. The maximum Gasteiger partial charge on any atom is 0.573 e. The molecule has 0 aliphatic rings. The molecule has 1 aromatic heterocycles. The number of pyridine rings is 1. The first-order valence-corrected chi connectivity index (χ1v) is 7.35. The largest absolute Gasteiger partial charge is 0.573 e. The van der Waals surface area contributed by atoms with Gasteiger partial charge in [0, 0.05) is 11.8 Å². The van der Waals surface area contributed by atoms with Crippen LogP contribution in [-0.2, 0) is 0 Å². The molecule has 0 fully saturated rings. The zero-order valence-corrected chi connectivity index (χ0v) is 13.0. The van der Waals surface area contributed by atoms with Crippen LogP contribution in [0.4, 0.5) is 33.5 Å². The Morgan fingerprint density at radius 1 is 0.808 bits per heavy atom. The van der Waals surface area contributed by atoms with E-state index >= 15 is 0 Å². The fourth-order valence-corrected chi connectivity index (χ4v) is 2.23. The van der Waals surface area contributed by atoms with E-state index in [0.29, 0.717) is 11.1 Å². The summed E-state index contributed by atoms with van der Waals surface area (Å²) in [5.41, 5.74) is 0.903. The third kappa shape index (κ3) is 4.27. The van der Waals surface area contributed by atoms with Gasteiger partial charge in [0.1, 0.15) is 28.9 Å². The fourth-order valence-electron chi connectivity index (χ4n) is 2.23. The Kier molecular flexibility index (Phi) is 4.75. The van der Waals surface area contributed by atoms with Crippen LogP contribution >= 0.6 is 0 Å². The lowest BCUT2D eigenvalue weighted by Gasteiger charge is -2.10. The third-order valence-electron chi connectivity index (χ3n) is 3.40. The second kappa shape index (κ2) is 6.99. The quantitative estimate of drug-likeness (QED) is 0.604. The lowest BCUT2D eigenvalue weighted by molar-refractivity contribution is -0.274. The average Bonchev–Trinajstić information content (AvgIpc) is 2.58. The van der Waals surface area contributed by atoms with Crippen molar-refractivity contribution >= 4 is 11.5 Å². The van der Waals surface area contributed by atoms with Gasteiger partial charge in [-0.2, -0.15) is 0 Å². The summed E-state index contributed by atoms with van der Waals surface area (Å²) in [5, 5.41) is 2.55. The Labute approximate surface area is 145 Å². The SMILES string of the molecule is Fc1cccc(F)c1Nc1ccc(-c2ccc(OC(F)(F)F)cc2)cn1. The molecule has 0 amide bonds. The molecule has 0 saturated carbocycles. The van der Waals surface area contributed by atoms with Crippen LogP contribution < -0.4 is 10.1 Å². The van der Waals surface area contributed by atoms with Crippen LogP contribution in [0.2, 0.25) is 0 Å². The van der Waals surface area contributed by atoms with Gasteiger partial charge in [-0.15, -0.1) is 13.2 Å². The van der Waals surface area contributed by atoms with E-state index in [1.165, 1.54) is 42.6 Å². The summed E-state index contributed by atoms with van der Waals surface area (Å²) in [4.78, 5) is 4.06. The smallest absolute Gasteiger partial charge is 0.406 e. The number of para-hydroxylation sites is 1. The first kappa shape index (κ1) is 17.7. The van der Waals surface area contributed by atoms with Crippen LogP contribution in [-0.4, -0.2) is 11.3 Å². The number of hydrogen-bond acceptors (Lipinski definition) is 3. The standard InChI is InChI=1S/C18H11F5N2O/c19-14-2-1-3-15(20)17(14)25-16-9-6-12(10-24-16)11-4-7-13(8-5-11)26-18(21,22)23/h1-10H,(H,24,25). The van der Waals surface area contributed by atoms with Gasteiger partial charge in [-0.3, -0.25) is 0 Å². The molecule has 1 heterocycles. The number of hydrogen-bond donors (Lipinski definition) is 1. The van der Waals surface area contributed by atoms with E-state index in [4.69, 9.17) is 0 Å². The highest BCUT2D eigenvalue weighted by molar-refractivity contribution is 5.66. The first-order chi connectivity index (χ1) is 12.3.